The maximum atomic E-state index is 12.6. The summed E-state index contributed by atoms with van der Waals surface area (Å²) < 4.78 is 10.7. The Hall–Kier alpha value is -3.99. The minimum atomic E-state index is -0.654. The molecule has 0 spiro atoms. The van der Waals surface area contributed by atoms with Crippen LogP contribution in [0.3, 0.4) is 0 Å². The van der Waals surface area contributed by atoms with Gasteiger partial charge in [-0.2, -0.15) is 5.26 Å². The monoisotopic (exact) mass is 495 g/mol. The van der Waals surface area contributed by atoms with Crippen molar-refractivity contribution in [1.82, 2.24) is 0 Å². The molecule has 3 aromatic carbocycles. The quantitative estimate of drug-likeness (QED) is 0.314. The Morgan fingerprint density at radius 2 is 1.76 bits per heavy atom. The largest absolute Gasteiger partial charge is 0.497 e. The molecule has 9 heteroatoms. The van der Waals surface area contributed by atoms with Crippen molar-refractivity contribution >= 4 is 52.5 Å². The Balaban J connectivity index is 1.73. The van der Waals surface area contributed by atoms with Crippen molar-refractivity contribution in [3.05, 3.63) is 87.9 Å². The van der Waals surface area contributed by atoms with Crippen LogP contribution >= 0.6 is 23.2 Å². The average Bonchev–Trinajstić information content (AvgIpc) is 2.83. The summed E-state index contributed by atoms with van der Waals surface area (Å²) in [5.74, 6) is -0.114. The molecule has 2 N–H and O–H groups in total. The van der Waals surface area contributed by atoms with Crippen molar-refractivity contribution in [2.45, 2.75) is 0 Å². The average molecular weight is 496 g/mol. The zero-order valence-electron chi connectivity index (χ0n) is 18.0. The molecule has 0 radical (unpaired) electrons. The number of benzene rings is 3. The normalized spacial score (nSPS) is 10.7. The van der Waals surface area contributed by atoms with Gasteiger partial charge in [0.05, 0.1) is 17.8 Å². The highest BCUT2D eigenvalue weighted by atomic mass is 35.5. The Bertz CT molecular complexity index is 1270. The standard InChI is InChI=1S/C25H19Cl2N3O4/c1-33-20-9-7-19(8-10-20)29-24(31)15-34-23-11-6-18(26)13-16(23)12-17(14-28)25(32)30-22-5-3-2-4-21(22)27/h2-13H,15H2,1H3,(H,29,31)(H,30,32)/b17-12+. The van der Waals surface area contributed by atoms with Crippen LogP contribution in [0.15, 0.2) is 72.3 Å². The number of methoxy groups -OCH3 is 1. The lowest BCUT2D eigenvalue weighted by Crippen LogP contribution is -2.20. The molecule has 0 bridgehead atoms. The molecular weight excluding hydrogens is 477 g/mol. The van der Waals surface area contributed by atoms with Crippen LogP contribution in [0.4, 0.5) is 11.4 Å². The second-order valence-electron chi connectivity index (χ2n) is 6.85. The maximum absolute atomic E-state index is 12.6. The first-order valence-electron chi connectivity index (χ1n) is 9.93. The van der Waals surface area contributed by atoms with Crippen LogP contribution in [0.5, 0.6) is 11.5 Å². The number of nitriles is 1. The van der Waals surface area contributed by atoms with Crippen molar-refractivity contribution in [2.75, 3.05) is 24.4 Å². The van der Waals surface area contributed by atoms with Gasteiger partial charge in [-0.25, -0.2) is 0 Å². The van der Waals surface area contributed by atoms with E-state index in [9.17, 15) is 14.9 Å². The second kappa shape index (κ2) is 11.8. The van der Waals surface area contributed by atoms with Crippen LogP contribution in [0.25, 0.3) is 6.08 Å². The smallest absolute Gasteiger partial charge is 0.266 e. The van der Waals surface area contributed by atoms with Crippen LogP contribution < -0.4 is 20.1 Å². The SMILES string of the molecule is COc1ccc(NC(=O)COc2ccc(Cl)cc2/C=C(\C#N)C(=O)Nc2ccccc2Cl)cc1. The maximum Gasteiger partial charge on any atom is 0.266 e. The van der Waals surface area contributed by atoms with Crippen LogP contribution in [-0.4, -0.2) is 25.5 Å². The zero-order valence-corrected chi connectivity index (χ0v) is 19.5. The van der Waals surface area contributed by atoms with Gasteiger partial charge in [-0.15, -0.1) is 0 Å². The van der Waals surface area contributed by atoms with Crippen molar-refractivity contribution in [2.24, 2.45) is 0 Å². The van der Waals surface area contributed by atoms with Crippen LogP contribution in [0.2, 0.25) is 10.0 Å². The number of amides is 2. The van der Waals surface area contributed by atoms with Gasteiger partial charge in [0, 0.05) is 16.3 Å². The highest BCUT2D eigenvalue weighted by Gasteiger charge is 2.14. The third kappa shape index (κ3) is 6.75. The Morgan fingerprint density at radius 3 is 2.44 bits per heavy atom. The lowest BCUT2D eigenvalue weighted by atomic mass is 10.1. The van der Waals surface area contributed by atoms with Gasteiger partial charge in [-0.3, -0.25) is 9.59 Å². The minimum absolute atomic E-state index is 0.199. The summed E-state index contributed by atoms with van der Waals surface area (Å²) in [6, 6.07) is 20.0. The molecule has 0 unspecified atom stereocenters. The van der Waals surface area contributed by atoms with Crippen LogP contribution in [0, 0.1) is 11.3 Å². The molecule has 0 saturated carbocycles. The van der Waals surface area contributed by atoms with Gasteiger partial charge >= 0.3 is 0 Å². The fraction of sp³-hybridized carbons (Fsp3) is 0.0800. The second-order valence-corrected chi connectivity index (χ2v) is 7.69. The lowest BCUT2D eigenvalue weighted by Gasteiger charge is -2.11. The summed E-state index contributed by atoms with van der Waals surface area (Å²) in [6.07, 6.45) is 1.33. The summed E-state index contributed by atoms with van der Waals surface area (Å²) in [5.41, 5.74) is 1.10. The third-order valence-electron chi connectivity index (χ3n) is 4.49. The zero-order chi connectivity index (χ0) is 24.5. The lowest BCUT2D eigenvalue weighted by molar-refractivity contribution is -0.118. The van der Waals surface area contributed by atoms with E-state index in [0.717, 1.165) is 0 Å². The summed E-state index contributed by atoms with van der Waals surface area (Å²) in [7, 11) is 1.55. The Morgan fingerprint density at radius 1 is 1.03 bits per heavy atom. The third-order valence-corrected chi connectivity index (χ3v) is 5.06. The summed E-state index contributed by atoms with van der Waals surface area (Å²) in [6.45, 7) is -0.303. The fourth-order valence-corrected chi connectivity index (χ4v) is 3.20. The number of ether oxygens (including phenoxy) is 2. The Kier molecular flexibility index (Phi) is 8.52. The molecule has 7 nitrogen and oxygen atoms in total. The van der Waals surface area contributed by atoms with E-state index in [4.69, 9.17) is 32.7 Å². The molecule has 0 saturated heterocycles. The van der Waals surface area contributed by atoms with Gasteiger partial charge in [0.25, 0.3) is 11.8 Å². The number of carbonyl (C=O) groups excluding carboxylic acids is 2. The van der Waals surface area contributed by atoms with Crippen molar-refractivity contribution in [3.8, 4) is 17.6 Å². The molecule has 0 aliphatic carbocycles. The predicted octanol–water partition coefficient (Wildman–Crippen LogP) is 5.57. The Labute approximate surface area is 206 Å². The molecular formula is C25H19Cl2N3O4. The van der Waals surface area contributed by atoms with E-state index in [1.165, 1.54) is 12.1 Å². The number of nitrogens with one attached hydrogen (secondary N) is 2. The van der Waals surface area contributed by atoms with E-state index in [2.05, 4.69) is 10.6 Å². The van der Waals surface area contributed by atoms with E-state index < -0.39 is 11.8 Å². The van der Waals surface area contributed by atoms with E-state index in [0.29, 0.717) is 32.7 Å². The molecule has 0 aliphatic heterocycles. The van der Waals surface area contributed by atoms with Crippen molar-refractivity contribution < 1.29 is 19.1 Å². The number of anilines is 2. The number of rotatable bonds is 8. The first-order valence-corrected chi connectivity index (χ1v) is 10.7. The van der Waals surface area contributed by atoms with Gasteiger partial charge in [-0.1, -0.05) is 35.3 Å². The van der Waals surface area contributed by atoms with Gasteiger partial charge in [0.2, 0.25) is 0 Å². The van der Waals surface area contributed by atoms with E-state index in [1.807, 2.05) is 6.07 Å². The molecule has 3 aromatic rings. The van der Waals surface area contributed by atoms with Crippen LogP contribution in [-0.2, 0) is 9.59 Å². The molecule has 34 heavy (non-hydrogen) atoms. The molecule has 172 valence electrons. The molecule has 0 atom stereocenters. The van der Waals surface area contributed by atoms with Gasteiger partial charge in [0.1, 0.15) is 23.1 Å². The summed E-state index contributed by atoms with van der Waals surface area (Å²) in [4.78, 5) is 24.9. The minimum Gasteiger partial charge on any atom is -0.497 e. The van der Waals surface area contributed by atoms with Gasteiger partial charge in [0.15, 0.2) is 6.61 Å². The number of nitrogens with zero attached hydrogens (tertiary/aromatic N) is 1. The number of para-hydroxylation sites is 1. The predicted molar refractivity (Wildman–Crippen MR) is 132 cm³/mol. The number of hydrogen-bond donors (Lipinski definition) is 2. The van der Waals surface area contributed by atoms with E-state index >= 15 is 0 Å². The molecule has 0 aromatic heterocycles. The highest BCUT2D eigenvalue weighted by Crippen LogP contribution is 2.27. The molecule has 2 amide bonds. The van der Waals surface area contributed by atoms with E-state index in [-0.39, 0.29) is 17.9 Å². The topological polar surface area (TPSA) is 100 Å². The molecule has 3 rings (SSSR count). The highest BCUT2D eigenvalue weighted by molar-refractivity contribution is 6.34. The summed E-state index contributed by atoms with van der Waals surface area (Å²) >= 11 is 12.2. The number of carbonyl (C=O) groups is 2. The van der Waals surface area contributed by atoms with Crippen molar-refractivity contribution in [3.63, 3.8) is 0 Å². The number of hydrogen-bond acceptors (Lipinski definition) is 5. The van der Waals surface area contributed by atoms with Crippen molar-refractivity contribution in [1.29, 1.82) is 5.26 Å². The fourth-order valence-electron chi connectivity index (χ4n) is 2.83. The first-order chi connectivity index (χ1) is 16.4. The molecule has 0 heterocycles. The van der Waals surface area contributed by atoms with E-state index in [1.54, 1.807) is 67.8 Å². The molecule has 0 fully saturated rings. The van der Waals surface area contributed by atoms with Gasteiger partial charge < -0.3 is 20.1 Å². The first kappa shape index (κ1) is 24.6. The van der Waals surface area contributed by atoms with Crippen LogP contribution in [0.1, 0.15) is 5.56 Å². The number of halogens is 2. The molecule has 0 aliphatic rings. The summed E-state index contributed by atoms with van der Waals surface area (Å²) in [5, 5.41) is 15.5. The van der Waals surface area contributed by atoms with Gasteiger partial charge in [-0.05, 0) is 60.7 Å².